The molecule has 1 atom stereocenters. The van der Waals surface area contributed by atoms with Crippen molar-refractivity contribution in [2.45, 2.75) is 40.0 Å². The third-order valence-electron chi connectivity index (χ3n) is 2.21. The average molecular weight is 112 g/mol. The first-order chi connectivity index (χ1) is 3.60. The quantitative estimate of drug-likeness (QED) is 0.452. The zero-order valence-corrected chi connectivity index (χ0v) is 6.20. The molecule has 0 heteroatoms. The lowest BCUT2D eigenvalue weighted by Crippen LogP contribution is -2.03. The summed E-state index contributed by atoms with van der Waals surface area (Å²) in [5.74, 6) is 0.991. The lowest BCUT2D eigenvalue weighted by atomic mass is 9.91. The fourth-order valence-corrected chi connectivity index (χ4v) is 1.78. The zero-order valence-electron chi connectivity index (χ0n) is 6.20. The summed E-state index contributed by atoms with van der Waals surface area (Å²) in [7, 11) is 0. The number of rotatable bonds is 0. The Balaban J connectivity index is 2.44. The normalized spacial score (nSPS) is 35.6. The van der Waals surface area contributed by atoms with E-state index in [0.717, 1.165) is 5.92 Å². The van der Waals surface area contributed by atoms with E-state index in [2.05, 4.69) is 20.8 Å². The molecule has 0 N–H and O–H groups in total. The van der Waals surface area contributed by atoms with Crippen molar-refractivity contribution in [2.24, 2.45) is 11.3 Å². The number of hydrogen-bond acceptors (Lipinski definition) is 0. The Kier molecular flexibility index (Phi) is 1.34. The van der Waals surface area contributed by atoms with Gasteiger partial charge in [0, 0.05) is 0 Å². The molecule has 1 fully saturated rings. The van der Waals surface area contributed by atoms with E-state index >= 15 is 0 Å². The molecule has 0 amide bonds. The second kappa shape index (κ2) is 1.75. The molecule has 0 nitrogen and oxygen atoms in total. The molecule has 1 rings (SSSR count). The first kappa shape index (κ1) is 6.12. The molecule has 0 heterocycles. The van der Waals surface area contributed by atoms with Gasteiger partial charge < -0.3 is 0 Å². The van der Waals surface area contributed by atoms with E-state index in [-0.39, 0.29) is 0 Å². The highest BCUT2D eigenvalue weighted by atomic mass is 14.3. The third-order valence-corrected chi connectivity index (χ3v) is 2.21. The first-order valence-electron chi connectivity index (χ1n) is 3.60. The van der Waals surface area contributed by atoms with E-state index in [1.165, 1.54) is 19.3 Å². The van der Waals surface area contributed by atoms with E-state index < -0.39 is 0 Å². The van der Waals surface area contributed by atoms with Crippen LogP contribution in [0.15, 0.2) is 0 Å². The predicted octanol–water partition coefficient (Wildman–Crippen LogP) is 2.83. The van der Waals surface area contributed by atoms with Gasteiger partial charge in [-0.2, -0.15) is 0 Å². The summed E-state index contributed by atoms with van der Waals surface area (Å²) in [5.41, 5.74) is 0.666. The van der Waals surface area contributed by atoms with E-state index in [1.54, 1.807) is 0 Å². The topological polar surface area (TPSA) is 0 Å². The van der Waals surface area contributed by atoms with E-state index in [0.29, 0.717) is 5.41 Å². The van der Waals surface area contributed by atoms with Gasteiger partial charge in [-0.05, 0) is 24.2 Å². The Morgan fingerprint density at radius 3 is 2.12 bits per heavy atom. The molecule has 1 aliphatic rings. The summed E-state index contributed by atoms with van der Waals surface area (Å²) < 4.78 is 0. The highest BCUT2D eigenvalue weighted by Gasteiger charge is 2.27. The van der Waals surface area contributed by atoms with Gasteiger partial charge >= 0.3 is 0 Å². The fraction of sp³-hybridized carbons (Fsp3) is 1.00. The zero-order chi connectivity index (χ0) is 6.20. The minimum absolute atomic E-state index is 0.666. The largest absolute Gasteiger partial charge is 0.0625 e. The van der Waals surface area contributed by atoms with E-state index in [9.17, 15) is 0 Å². The third kappa shape index (κ3) is 1.24. The molecule has 0 bridgehead atoms. The first-order valence-corrected chi connectivity index (χ1v) is 3.60. The van der Waals surface area contributed by atoms with Gasteiger partial charge in [0.1, 0.15) is 0 Å². The Labute approximate surface area is 52.3 Å². The van der Waals surface area contributed by atoms with Crippen LogP contribution in [0.1, 0.15) is 40.0 Å². The lowest BCUT2D eigenvalue weighted by molar-refractivity contribution is 0.366. The second-order valence-electron chi connectivity index (χ2n) is 4.01. The van der Waals surface area contributed by atoms with Crippen molar-refractivity contribution in [1.29, 1.82) is 0 Å². The van der Waals surface area contributed by atoms with Gasteiger partial charge in [-0.1, -0.05) is 27.2 Å². The smallest absolute Gasteiger partial charge is 0.0352 e. The summed E-state index contributed by atoms with van der Waals surface area (Å²) in [4.78, 5) is 0. The molecule has 0 saturated heterocycles. The van der Waals surface area contributed by atoms with Crippen LogP contribution in [0.4, 0.5) is 0 Å². The molecule has 0 aliphatic heterocycles. The van der Waals surface area contributed by atoms with Crippen molar-refractivity contribution in [2.75, 3.05) is 0 Å². The SMILES string of the molecule is C[C@H]1CCC(C)(C)C1. The highest BCUT2D eigenvalue weighted by molar-refractivity contribution is 4.79. The van der Waals surface area contributed by atoms with Crippen LogP contribution in [0.2, 0.25) is 0 Å². The number of hydrogen-bond donors (Lipinski definition) is 0. The van der Waals surface area contributed by atoms with Gasteiger partial charge in [0.2, 0.25) is 0 Å². The summed E-state index contributed by atoms with van der Waals surface area (Å²) in [5, 5.41) is 0. The van der Waals surface area contributed by atoms with E-state index in [4.69, 9.17) is 0 Å². The molecule has 48 valence electrons. The maximum Gasteiger partial charge on any atom is -0.0352 e. The Bertz CT molecular complexity index is 82.0. The van der Waals surface area contributed by atoms with Crippen molar-refractivity contribution < 1.29 is 0 Å². The Morgan fingerprint density at radius 2 is 2.00 bits per heavy atom. The van der Waals surface area contributed by atoms with Crippen molar-refractivity contribution in [1.82, 2.24) is 0 Å². The van der Waals surface area contributed by atoms with Gasteiger partial charge in [0.25, 0.3) is 0 Å². The Morgan fingerprint density at radius 1 is 1.38 bits per heavy atom. The van der Waals surface area contributed by atoms with Gasteiger partial charge in [-0.25, -0.2) is 0 Å². The van der Waals surface area contributed by atoms with Gasteiger partial charge in [0.05, 0.1) is 0 Å². The van der Waals surface area contributed by atoms with Crippen LogP contribution in [-0.2, 0) is 0 Å². The van der Waals surface area contributed by atoms with Crippen LogP contribution in [0.5, 0.6) is 0 Å². The van der Waals surface area contributed by atoms with Crippen LogP contribution in [0, 0.1) is 11.3 Å². The minimum atomic E-state index is 0.666. The fourth-order valence-electron chi connectivity index (χ4n) is 1.78. The molecule has 0 aromatic rings. The van der Waals surface area contributed by atoms with Crippen molar-refractivity contribution in [3.8, 4) is 0 Å². The van der Waals surface area contributed by atoms with Crippen molar-refractivity contribution in [3.63, 3.8) is 0 Å². The maximum absolute atomic E-state index is 2.37. The maximum atomic E-state index is 2.37. The Hall–Kier alpha value is 0. The van der Waals surface area contributed by atoms with Crippen molar-refractivity contribution >= 4 is 0 Å². The predicted molar refractivity (Wildman–Crippen MR) is 36.8 cm³/mol. The van der Waals surface area contributed by atoms with E-state index in [1.807, 2.05) is 0 Å². The molecule has 1 saturated carbocycles. The molecule has 0 radical (unpaired) electrons. The lowest BCUT2D eigenvalue weighted by Gasteiger charge is -2.15. The molecule has 8 heavy (non-hydrogen) atoms. The summed E-state index contributed by atoms with van der Waals surface area (Å²) in [6, 6.07) is 0. The molecule has 0 spiro atoms. The summed E-state index contributed by atoms with van der Waals surface area (Å²) in [6.45, 7) is 7.10. The molecular weight excluding hydrogens is 96.1 g/mol. The second-order valence-corrected chi connectivity index (χ2v) is 4.01. The highest BCUT2D eigenvalue weighted by Crippen LogP contribution is 2.40. The van der Waals surface area contributed by atoms with Crippen LogP contribution in [-0.4, -0.2) is 0 Å². The average Bonchev–Trinajstić information content (AvgIpc) is 1.82. The molecule has 0 unspecified atom stereocenters. The standard InChI is InChI=1S/C8H16/c1-7-4-5-8(2,3)6-7/h7H,4-6H2,1-3H3/t7-/m0/s1. The van der Waals surface area contributed by atoms with Gasteiger partial charge in [0.15, 0.2) is 0 Å². The molecule has 1 aliphatic carbocycles. The summed E-state index contributed by atoms with van der Waals surface area (Å²) in [6.07, 6.45) is 4.33. The molecule has 0 aromatic heterocycles. The minimum Gasteiger partial charge on any atom is -0.0625 e. The van der Waals surface area contributed by atoms with Crippen LogP contribution in [0.25, 0.3) is 0 Å². The summed E-state index contributed by atoms with van der Waals surface area (Å²) >= 11 is 0. The van der Waals surface area contributed by atoms with Gasteiger partial charge in [-0.15, -0.1) is 0 Å². The monoisotopic (exact) mass is 112 g/mol. The molecular formula is C8H16. The van der Waals surface area contributed by atoms with Gasteiger partial charge in [-0.3, -0.25) is 0 Å². The van der Waals surface area contributed by atoms with Crippen molar-refractivity contribution in [3.05, 3.63) is 0 Å². The van der Waals surface area contributed by atoms with Crippen LogP contribution in [0.3, 0.4) is 0 Å². The van der Waals surface area contributed by atoms with Crippen LogP contribution >= 0.6 is 0 Å². The molecule has 0 aromatic carbocycles. The van der Waals surface area contributed by atoms with Crippen LogP contribution < -0.4 is 0 Å².